The lowest BCUT2D eigenvalue weighted by molar-refractivity contribution is -0.0226. The zero-order valence-electron chi connectivity index (χ0n) is 8.37. The van der Waals surface area contributed by atoms with Crippen LogP contribution in [0.3, 0.4) is 0 Å². The van der Waals surface area contributed by atoms with Crippen molar-refractivity contribution in [2.45, 2.75) is 19.4 Å². The second-order valence-corrected chi connectivity index (χ2v) is 3.88. The quantitative estimate of drug-likeness (QED) is 0.714. The molecule has 0 fully saturated rings. The third-order valence-electron chi connectivity index (χ3n) is 2.53. The Balaban J connectivity index is 2.67. The van der Waals surface area contributed by atoms with Crippen molar-refractivity contribution in [2.75, 3.05) is 0 Å². The van der Waals surface area contributed by atoms with Crippen molar-refractivity contribution in [3.63, 3.8) is 0 Å². The molecular formula is C11H14N2O. The summed E-state index contributed by atoms with van der Waals surface area (Å²) in [4.78, 5) is 8.17. The summed E-state index contributed by atoms with van der Waals surface area (Å²) in [6.07, 6.45) is 1.92. The standard InChI is InChI=1S/C11H14N2O/c1-11(2,14-12)9-5-3-4-8-6-7-13-10(8)9/h3-7,13H,12H2,1-2H3. The van der Waals surface area contributed by atoms with Crippen molar-refractivity contribution in [2.24, 2.45) is 5.90 Å². The van der Waals surface area contributed by atoms with Gasteiger partial charge in [-0.25, -0.2) is 5.90 Å². The molecule has 0 atom stereocenters. The summed E-state index contributed by atoms with van der Waals surface area (Å²) in [7, 11) is 0. The normalized spacial score (nSPS) is 12.2. The zero-order chi connectivity index (χ0) is 10.2. The number of benzene rings is 1. The van der Waals surface area contributed by atoms with Crippen LogP contribution in [0.5, 0.6) is 0 Å². The number of para-hydroxylation sites is 1. The number of H-pyrrole nitrogens is 1. The van der Waals surface area contributed by atoms with Gasteiger partial charge in [0, 0.05) is 11.8 Å². The first-order valence-electron chi connectivity index (χ1n) is 4.59. The minimum Gasteiger partial charge on any atom is -0.361 e. The highest BCUT2D eigenvalue weighted by molar-refractivity contribution is 5.83. The van der Waals surface area contributed by atoms with Gasteiger partial charge in [0.15, 0.2) is 0 Å². The van der Waals surface area contributed by atoms with E-state index in [9.17, 15) is 0 Å². The molecule has 0 saturated heterocycles. The van der Waals surface area contributed by atoms with Gasteiger partial charge in [0.1, 0.15) is 5.60 Å². The van der Waals surface area contributed by atoms with Gasteiger partial charge in [-0.1, -0.05) is 18.2 Å². The molecule has 1 aromatic carbocycles. The molecule has 2 aromatic rings. The smallest absolute Gasteiger partial charge is 0.111 e. The number of nitrogens with two attached hydrogens (primary N) is 1. The van der Waals surface area contributed by atoms with Crippen LogP contribution in [0.4, 0.5) is 0 Å². The Bertz CT molecular complexity index is 445. The van der Waals surface area contributed by atoms with Gasteiger partial charge < -0.3 is 4.98 Å². The molecule has 1 heterocycles. The highest BCUT2D eigenvalue weighted by Crippen LogP contribution is 2.29. The molecule has 0 aliphatic rings. The molecule has 74 valence electrons. The topological polar surface area (TPSA) is 51.0 Å². The van der Waals surface area contributed by atoms with Crippen LogP contribution < -0.4 is 5.90 Å². The lowest BCUT2D eigenvalue weighted by Gasteiger charge is -2.22. The van der Waals surface area contributed by atoms with Crippen LogP contribution in [-0.2, 0) is 10.4 Å². The van der Waals surface area contributed by atoms with Crippen LogP contribution in [-0.4, -0.2) is 4.98 Å². The highest BCUT2D eigenvalue weighted by atomic mass is 16.6. The maximum absolute atomic E-state index is 5.28. The second kappa shape index (κ2) is 3.12. The first-order valence-corrected chi connectivity index (χ1v) is 4.59. The van der Waals surface area contributed by atoms with E-state index in [0.717, 1.165) is 11.1 Å². The third kappa shape index (κ3) is 1.31. The van der Waals surface area contributed by atoms with Gasteiger partial charge in [0.25, 0.3) is 0 Å². The highest BCUT2D eigenvalue weighted by Gasteiger charge is 2.23. The van der Waals surface area contributed by atoms with Crippen molar-refractivity contribution in [1.82, 2.24) is 4.98 Å². The first-order chi connectivity index (χ1) is 6.65. The van der Waals surface area contributed by atoms with Crippen LogP contribution >= 0.6 is 0 Å². The monoisotopic (exact) mass is 190 g/mol. The number of aromatic nitrogens is 1. The van der Waals surface area contributed by atoms with Crippen LogP contribution in [0.2, 0.25) is 0 Å². The number of rotatable bonds is 2. The predicted molar refractivity (Wildman–Crippen MR) is 56.6 cm³/mol. The van der Waals surface area contributed by atoms with E-state index in [1.165, 1.54) is 5.39 Å². The van der Waals surface area contributed by atoms with Gasteiger partial charge in [-0.05, 0) is 25.3 Å². The van der Waals surface area contributed by atoms with E-state index in [2.05, 4.69) is 11.1 Å². The lowest BCUT2D eigenvalue weighted by atomic mass is 9.96. The van der Waals surface area contributed by atoms with E-state index >= 15 is 0 Å². The molecule has 14 heavy (non-hydrogen) atoms. The molecule has 2 rings (SSSR count). The van der Waals surface area contributed by atoms with Crippen molar-refractivity contribution in [3.05, 3.63) is 36.0 Å². The lowest BCUT2D eigenvalue weighted by Crippen LogP contribution is -2.25. The summed E-state index contributed by atoms with van der Waals surface area (Å²) in [5, 5.41) is 1.17. The Kier molecular flexibility index (Phi) is 2.06. The van der Waals surface area contributed by atoms with Crippen LogP contribution in [0.1, 0.15) is 19.4 Å². The summed E-state index contributed by atoms with van der Waals surface area (Å²) in [6.45, 7) is 3.89. The first kappa shape index (κ1) is 9.24. The summed E-state index contributed by atoms with van der Waals surface area (Å²) in [6, 6.07) is 8.12. The minimum atomic E-state index is -0.468. The average Bonchev–Trinajstić information content (AvgIpc) is 2.64. The van der Waals surface area contributed by atoms with E-state index in [0.29, 0.717) is 0 Å². The second-order valence-electron chi connectivity index (χ2n) is 3.88. The van der Waals surface area contributed by atoms with Crippen molar-refractivity contribution >= 4 is 10.9 Å². The van der Waals surface area contributed by atoms with E-state index in [1.54, 1.807) is 0 Å². The molecule has 3 N–H and O–H groups in total. The van der Waals surface area contributed by atoms with Gasteiger partial charge in [0.2, 0.25) is 0 Å². The molecule has 0 unspecified atom stereocenters. The number of nitrogens with one attached hydrogen (secondary N) is 1. The van der Waals surface area contributed by atoms with Gasteiger partial charge in [-0.15, -0.1) is 0 Å². The van der Waals surface area contributed by atoms with E-state index in [1.807, 2.05) is 38.2 Å². The Morgan fingerprint density at radius 3 is 2.79 bits per heavy atom. The summed E-state index contributed by atoms with van der Waals surface area (Å²) >= 11 is 0. The van der Waals surface area contributed by atoms with Gasteiger partial charge >= 0.3 is 0 Å². The predicted octanol–water partition coefficient (Wildman–Crippen LogP) is 2.29. The molecule has 0 spiro atoms. The molecule has 1 aromatic heterocycles. The summed E-state index contributed by atoms with van der Waals surface area (Å²) < 4.78 is 0. The van der Waals surface area contributed by atoms with Crippen LogP contribution in [0, 0.1) is 0 Å². The van der Waals surface area contributed by atoms with E-state index in [-0.39, 0.29) is 0 Å². The van der Waals surface area contributed by atoms with Crippen LogP contribution in [0.15, 0.2) is 30.5 Å². The minimum absolute atomic E-state index is 0.468. The molecule has 3 heteroatoms. The summed E-state index contributed by atoms with van der Waals surface area (Å²) in [5.41, 5.74) is 1.69. The zero-order valence-corrected chi connectivity index (χ0v) is 8.37. The maximum atomic E-state index is 5.28. The SMILES string of the molecule is CC(C)(ON)c1cccc2cc[nH]c12. The summed E-state index contributed by atoms with van der Waals surface area (Å²) in [5.74, 6) is 5.28. The fourth-order valence-electron chi connectivity index (χ4n) is 1.65. The van der Waals surface area contributed by atoms with Gasteiger partial charge in [0.05, 0.1) is 5.52 Å². The Labute approximate surface area is 82.8 Å². The largest absolute Gasteiger partial charge is 0.361 e. The van der Waals surface area contributed by atoms with Crippen molar-refractivity contribution < 1.29 is 4.84 Å². The fourth-order valence-corrected chi connectivity index (χ4v) is 1.65. The number of hydrogen-bond acceptors (Lipinski definition) is 2. The molecule has 3 nitrogen and oxygen atoms in total. The fraction of sp³-hybridized carbons (Fsp3) is 0.273. The number of aromatic amines is 1. The Hall–Kier alpha value is -1.32. The van der Waals surface area contributed by atoms with Crippen molar-refractivity contribution in [3.8, 4) is 0 Å². The number of hydrogen-bond donors (Lipinski definition) is 2. The van der Waals surface area contributed by atoms with E-state index < -0.39 is 5.60 Å². The molecule has 0 bridgehead atoms. The average molecular weight is 190 g/mol. The molecule has 0 amide bonds. The van der Waals surface area contributed by atoms with Crippen LogP contribution in [0.25, 0.3) is 10.9 Å². The molecule has 0 aliphatic carbocycles. The molecular weight excluding hydrogens is 176 g/mol. The molecule has 0 saturated carbocycles. The Morgan fingerprint density at radius 2 is 2.07 bits per heavy atom. The molecule has 0 radical (unpaired) electrons. The Morgan fingerprint density at radius 1 is 1.29 bits per heavy atom. The van der Waals surface area contributed by atoms with E-state index in [4.69, 9.17) is 10.7 Å². The number of fused-ring (bicyclic) bond motifs is 1. The van der Waals surface area contributed by atoms with Gasteiger partial charge in [-0.3, -0.25) is 4.84 Å². The van der Waals surface area contributed by atoms with Crippen molar-refractivity contribution in [1.29, 1.82) is 0 Å². The van der Waals surface area contributed by atoms with Gasteiger partial charge in [-0.2, -0.15) is 0 Å². The third-order valence-corrected chi connectivity index (χ3v) is 2.53. The maximum Gasteiger partial charge on any atom is 0.111 e. The molecule has 0 aliphatic heterocycles.